The molecule has 0 fully saturated rings. The third-order valence-electron chi connectivity index (χ3n) is 3.21. The summed E-state index contributed by atoms with van der Waals surface area (Å²) < 4.78 is 1.89. The summed E-state index contributed by atoms with van der Waals surface area (Å²) in [5, 5.41) is 0. The molecule has 1 aromatic heterocycles. The zero-order chi connectivity index (χ0) is 13.1. The maximum absolute atomic E-state index is 12.2. The van der Waals surface area contributed by atoms with Crippen molar-refractivity contribution in [3.05, 3.63) is 78.4 Å². The van der Waals surface area contributed by atoms with Gasteiger partial charge in [0.05, 0.1) is 0 Å². The molecule has 0 bridgehead atoms. The summed E-state index contributed by atoms with van der Waals surface area (Å²) in [4.78, 5) is 14.4. The van der Waals surface area contributed by atoms with Gasteiger partial charge in [-0.3, -0.25) is 4.79 Å². The fraction of sp³-hybridized carbons (Fsp3) is 0.125. The van der Waals surface area contributed by atoms with Crippen molar-refractivity contribution in [2.24, 2.45) is 0 Å². The van der Waals surface area contributed by atoms with Gasteiger partial charge >= 0.3 is 0 Å². The van der Waals surface area contributed by atoms with Crippen LogP contribution in [0.5, 0.6) is 0 Å². The Bertz CT molecular complexity index is 615. The smallest absolute Gasteiger partial charge is 0.227 e. The molecule has 4 heteroatoms. The van der Waals surface area contributed by atoms with E-state index in [1.54, 1.807) is 0 Å². The van der Waals surface area contributed by atoms with Crippen molar-refractivity contribution in [3.63, 3.8) is 0 Å². The molecule has 3 rings (SSSR count). The van der Waals surface area contributed by atoms with Crippen molar-refractivity contribution >= 4 is 5.78 Å². The summed E-state index contributed by atoms with van der Waals surface area (Å²) in [6.45, 7) is 1.14. The molecule has 0 spiro atoms. The van der Waals surface area contributed by atoms with Crippen LogP contribution < -0.4 is 28.5 Å². The van der Waals surface area contributed by atoms with Crippen molar-refractivity contribution in [2.45, 2.75) is 6.54 Å². The number of nitrogens with zero attached hydrogens (tertiary/aromatic N) is 2. The van der Waals surface area contributed by atoms with Gasteiger partial charge in [0.15, 0.2) is 12.4 Å². The van der Waals surface area contributed by atoms with E-state index in [1.165, 1.54) is 0 Å². The summed E-state index contributed by atoms with van der Waals surface area (Å²) in [5.74, 6) is 0.145. The molecule has 20 heavy (non-hydrogen) atoms. The van der Waals surface area contributed by atoms with Crippen molar-refractivity contribution in [2.75, 3.05) is 6.54 Å². The van der Waals surface area contributed by atoms with Crippen LogP contribution in [0.25, 0.3) is 0 Å². The molecule has 2 aliphatic heterocycles. The molecule has 2 aliphatic rings. The lowest BCUT2D eigenvalue weighted by Crippen LogP contribution is -3.00. The second kappa shape index (κ2) is 6.65. The zero-order valence-corrected chi connectivity index (χ0v) is 13.1. The predicted molar refractivity (Wildman–Crippen MR) is 72.8 cm³/mol. The highest BCUT2D eigenvalue weighted by molar-refractivity contribution is 5.97. The number of ketones is 1. The summed E-state index contributed by atoms with van der Waals surface area (Å²) in [6.07, 6.45) is 15.8. The lowest BCUT2D eigenvalue weighted by atomic mass is 10.0. The Morgan fingerprint density at radius 1 is 1.20 bits per heavy atom. The summed E-state index contributed by atoms with van der Waals surface area (Å²) in [7, 11) is 0. The van der Waals surface area contributed by atoms with Crippen molar-refractivity contribution in [1.82, 2.24) is 4.90 Å². The van der Waals surface area contributed by atoms with Crippen LogP contribution in [0.1, 0.15) is 0 Å². The lowest BCUT2D eigenvalue weighted by Gasteiger charge is -2.25. The van der Waals surface area contributed by atoms with Crippen LogP contribution >= 0.6 is 0 Å². The molecule has 0 amide bonds. The van der Waals surface area contributed by atoms with E-state index >= 15 is 0 Å². The molecule has 0 unspecified atom stereocenters. The molecule has 102 valence electrons. The Hall–Kier alpha value is -1.69. The van der Waals surface area contributed by atoms with E-state index in [2.05, 4.69) is 4.90 Å². The Labute approximate surface area is 135 Å². The van der Waals surface area contributed by atoms with Crippen molar-refractivity contribution in [3.8, 4) is 0 Å². The first-order chi connectivity index (χ1) is 9.33. The predicted octanol–water partition coefficient (Wildman–Crippen LogP) is -1.24. The average molecular weight is 378 g/mol. The molecule has 3 nitrogen and oxygen atoms in total. The van der Waals surface area contributed by atoms with Gasteiger partial charge in [0.25, 0.3) is 0 Å². The summed E-state index contributed by atoms with van der Waals surface area (Å²) >= 11 is 0. The van der Waals surface area contributed by atoms with Gasteiger partial charge in [0.1, 0.15) is 0 Å². The van der Waals surface area contributed by atoms with Crippen LogP contribution in [0.3, 0.4) is 0 Å². The highest BCUT2D eigenvalue weighted by Crippen LogP contribution is 2.19. The van der Waals surface area contributed by atoms with Gasteiger partial charge in [-0.25, -0.2) is 0 Å². The van der Waals surface area contributed by atoms with Crippen LogP contribution in [0.4, 0.5) is 0 Å². The van der Waals surface area contributed by atoms with Gasteiger partial charge < -0.3 is 28.9 Å². The molecular weight excluding hydrogens is 363 g/mol. The van der Waals surface area contributed by atoms with E-state index in [0.717, 1.165) is 17.8 Å². The van der Waals surface area contributed by atoms with Gasteiger partial charge in [0, 0.05) is 36.1 Å². The Morgan fingerprint density at radius 2 is 2.00 bits per heavy atom. The summed E-state index contributed by atoms with van der Waals surface area (Å²) in [6, 6.07) is 5.80. The van der Waals surface area contributed by atoms with Crippen LogP contribution in [0.2, 0.25) is 0 Å². The molecule has 0 atom stereocenters. The van der Waals surface area contributed by atoms with Crippen LogP contribution in [0, 0.1) is 0 Å². The number of hydrogen-bond donors (Lipinski definition) is 0. The fourth-order valence-electron chi connectivity index (χ4n) is 2.19. The van der Waals surface area contributed by atoms with Gasteiger partial charge in [-0.05, 0) is 18.2 Å². The van der Waals surface area contributed by atoms with E-state index < -0.39 is 0 Å². The first-order valence-electron chi connectivity index (χ1n) is 6.33. The number of pyridine rings is 1. The van der Waals surface area contributed by atoms with E-state index in [1.807, 2.05) is 71.7 Å². The lowest BCUT2D eigenvalue weighted by molar-refractivity contribution is -0.684. The van der Waals surface area contributed by atoms with Gasteiger partial charge in [0.2, 0.25) is 12.3 Å². The number of fused-ring (bicyclic) bond motifs is 1. The number of hydrogen-bond acceptors (Lipinski definition) is 2. The highest BCUT2D eigenvalue weighted by atomic mass is 127. The largest absolute Gasteiger partial charge is 1.00 e. The van der Waals surface area contributed by atoms with Gasteiger partial charge in [-0.2, -0.15) is 4.57 Å². The summed E-state index contributed by atoms with van der Waals surface area (Å²) in [5.41, 5.74) is 1.87. The fourth-order valence-corrected chi connectivity index (χ4v) is 2.19. The molecule has 0 saturated heterocycles. The number of halogens is 1. The second-order valence-corrected chi connectivity index (χ2v) is 4.55. The Kier molecular flexibility index (Phi) is 4.89. The highest BCUT2D eigenvalue weighted by Gasteiger charge is 2.18. The van der Waals surface area contributed by atoms with Crippen molar-refractivity contribution < 1.29 is 33.3 Å². The Balaban J connectivity index is 0.00000147. The van der Waals surface area contributed by atoms with Crippen LogP contribution in [-0.4, -0.2) is 17.2 Å². The molecule has 3 heterocycles. The van der Waals surface area contributed by atoms with Crippen molar-refractivity contribution in [1.29, 1.82) is 0 Å². The molecule has 0 radical (unpaired) electrons. The average Bonchev–Trinajstić information content (AvgIpc) is 2.48. The number of carbonyl (C=O) groups excluding carboxylic acids is 1. The number of rotatable bonds is 3. The monoisotopic (exact) mass is 378 g/mol. The molecule has 0 N–H and O–H groups in total. The molecule has 0 aromatic carbocycles. The normalized spacial score (nSPS) is 15.9. The number of Topliss-reactive ketones (excluding diaryl/α,β-unsaturated/α-hetero) is 1. The minimum absolute atomic E-state index is 0. The van der Waals surface area contributed by atoms with Crippen LogP contribution in [0.15, 0.2) is 78.4 Å². The van der Waals surface area contributed by atoms with E-state index in [0.29, 0.717) is 6.54 Å². The second-order valence-electron chi connectivity index (χ2n) is 4.55. The topological polar surface area (TPSA) is 24.2 Å². The molecule has 0 saturated carbocycles. The quantitative estimate of drug-likeness (QED) is 0.486. The van der Waals surface area contributed by atoms with Gasteiger partial charge in [-0.15, -0.1) is 0 Å². The van der Waals surface area contributed by atoms with E-state index in [-0.39, 0.29) is 29.8 Å². The molecule has 0 aliphatic carbocycles. The van der Waals surface area contributed by atoms with E-state index in [4.69, 9.17) is 0 Å². The van der Waals surface area contributed by atoms with Crippen LogP contribution in [-0.2, 0) is 11.3 Å². The zero-order valence-electron chi connectivity index (χ0n) is 10.9. The maximum atomic E-state index is 12.2. The SMILES string of the molecule is O=C(C[n+]1ccccc1)C1=CCN2C=CC=CC2=C1.[I-]. The molecule has 1 aromatic rings. The third-order valence-corrected chi connectivity index (χ3v) is 3.21. The first-order valence-corrected chi connectivity index (χ1v) is 6.33. The minimum atomic E-state index is 0. The standard InChI is InChI=1S/C16H15N2O.HI/c19-16(13-17-8-3-1-4-9-17)14-7-11-18-10-5-2-6-15(18)12-14;/h1-10,12H,11,13H2;1H/q+1;/p-1. The number of aromatic nitrogens is 1. The Morgan fingerprint density at radius 3 is 2.80 bits per heavy atom. The first kappa shape index (κ1) is 14.7. The van der Waals surface area contributed by atoms with Gasteiger partial charge in [-0.1, -0.05) is 18.2 Å². The third kappa shape index (κ3) is 3.25. The number of allylic oxidation sites excluding steroid dienone is 5. The van der Waals surface area contributed by atoms with E-state index in [9.17, 15) is 4.79 Å². The minimum Gasteiger partial charge on any atom is -1.00 e. The number of carbonyl (C=O) groups is 1. The molecular formula is C16H15IN2O. The maximum Gasteiger partial charge on any atom is 0.227 e.